The molecule has 1 amide bonds. The Morgan fingerprint density at radius 2 is 2.56 bits per heavy atom. The third-order valence-electron chi connectivity index (χ3n) is 0.745. The highest BCUT2D eigenvalue weighted by molar-refractivity contribution is 7.11. The summed E-state index contributed by atoms with van der Waals surface area (Å²) in [5, 5.41) is 9.87. The van der Waals surface area contributed by atoms with Gasteiger partial charge in [0, 0.05) is 5.38 Å². The molecular formula is C4H4N2O2S. The SMILES string of the molecule is NC(=O)c1csc(O)n1. The summed E-state index contributed by atoms with van der Waals surface area (Å²) in [4.78, 5) is 13.7. The monoisotopic (exact) mass is 144 g/mol. The molecule has 1 aromatic heterocycles. The number of carbonyl (C=O) groups excluding carboxylic acids is 1. The quantitative estimate of drug-likeness (QED) is 0.580. The fourth-order valence-corrected chi connectivity index (χ4v) is 0.914. The zero-order chi connectivity index (χ0) is 6.85. The molecule has 0 fully saturated rings. The van der Waals surface area contributed by atoms with Crippen molar-refractivity contribution in [3.8, 4) is 5.19 Å². The number of amides is 1. The summed E-state index contributed by atoms with van der Waals surface area (Å²) in [6.45, 7) is 0. The van der Waals surface area contributed by atoms with Gasteiger partial charge in [-0.25, -0.2) is 0 Å². The molecule has 5 heteroatoms. The van der Waals surface area contributed by atoms with E-state index in [2.05, 4.69) is 4.98 Å². The van der Waals surface area contributed by atoms with Gasteiger partial charge in [0.15, 0.2) is 0 Å². The van der Waals surface area contributed by atoms with Gasteiger partial charge in [0.05, 0.1) is 0 Å². The first kappa shape index (κ1) is 6.03. The molecule has 0 unspecified atom stereocenters. The fraction of sp³-hybridized carbons (Fsp3) is 0. The summed E-state index contributed by atoms with van der Waals surface area (Å²) < 4.78 is 0. The maximum absolute atomic E-state index is 10.3. The summed E-state index contributed by atoms with van der Waals surface area (Å²) in [5.74, 6) is -0.619. The second-order valence-corrected chi connectivity index (χ2v) is 2.22. The highest BCUT2D eigenvalue weighted by Gasteiger charge is 2.03. The molecule has 9 heavy (non-hydrogen) atoms. The van der Waals surface area contributed by atoms with Crippen molar-refractivity contribution < 1.29 is 9.90 Å². The van der Waals surface area contributed by atoms with Gasteiger partial charge in [-0.15, -0.1) is 0 Å². The average Bonchev–Trinajstić information content (AvgIpc) is 2.14. The Hall–Kier alpha value is -1.10. The summed E-state index contributed by atoms with van der Waals surface area (Å²) in [6.07, 6.45) is 0. The lowest BCUT2D eigenvalue weighted by atomic mass is 10.5. The van der Waals surface area contributed by atoms with E-state index < -0.39 is 5.91 Å². The van der Waals surface area contributed by atoms with Crippen molar-refractivity contribution in [3.05, 3.63) is 11.1 Å². The number of primary amides is 1. The van der Waals surface area contributed by atoms with Crippen LogP contribution in [0.1, 0.15) is 10.5 Å². The van der Waals surface area contributed by atoms with Crippen LogP contribution in [-0.2, 0) is 0 Å². The average molecular weight is 144 g/mol. The van der Waals surface area contributed by atoms with Crippen LogP contribution in [0.25, 0.3) is 0 Å². The van der Waals surface area contributed by atoms with E-state index >= 15 is 0 Å². The van der Waals surface area contributed by atoms with Gasteiger partial charge in [-0.3, -0.25) is 4.79 Å². The normalized spacial score (nSPS) is 9.33. The molecule has 0 aliphatic heterocycles. The number of carbonyl (C=O) groups is 1. The number of thiazole rings is 1. The van der Waals surface area contributed by atoms with Crippen LogP contribution in [0.5, 0.6) is 5.19 Å². The van der Waals surface area contributed by atoms with Crippen LogP contribution in [0.15, 0.2) is 5.38 Å². The minimum Gasteiger partial charge on any atom is -0.486 e. The molecule has 1 rings (SSSR count). The third-order valence-corrected chi connectivity index (χ3v) is 1.39. The fourth-order valence-electron chi connectivity index (χ4n) is 0.377. The zero-order valence-electron chi connectivity index (χ0n) is 4.37. The van der Waals surface area contributed by atoms with Crippen molar-refractivity contribution in [2.45, 2.75) is 0 Å². The highest BCUT2D eigenvalue weighted by atomic mass is 32.1. The topological polar surface area (TPSA) is 76.2 Å². The van der Waals surface area contributed by atoms with Crippen molar-refractivity contribution in [3.63, 3.8) is 0 Å². The maximum atomic E-state index is 10.3. The molecule has 0 bridgehead atoms. The molecule has 0 aromatic carbocycles. The van der Waals surface area contributed by atoms with E-state index in [1.165, 1.54) is 5.38 Å². The van der Waals surface area contributed by atoms with E-state index in [9.17, 15) is 4.79 Å². The predicted octanol–water partition coefficient (Wildman–Crippen LogP) is -0.0524. The van der Waals surface area contributed by atoms with E-state index in [-0.39, 0.29) is 10.9 Å². The van der Waals surface area contributed by atoms with Gasteiger partial charge in [0.1, 0.15) is 5.69 Å². The van der Waals surface area contributed by atoms with E-state index in [0.29, 0.717) is 0 Å². The Morgan fingerprint density at radius 1 is 1.89 bits per heavy atom. The van der Waals surface area contributed by atoms with Crippen molar-refractivity contribution >= 4 is 17.2 Å². The summed E-state index contributed by atoms with van der Waals surface area (Å²) in [6, 6.07) is 0. The molecule has 0 aliphatic carbocycles. The van der Waals surface area contributed by atoms with Gasteiger partial charge < -0.3 is 10.8 Å². The number of rotatable bonds is 1. The van der Waals surface area contributed by atoms with Gasteiger partial charge >= 0.3 is 0 Å². The second-order valence-electron chi connectivity index (χ2n) is 1.38. The van der Waals surface area contributed by atoms with E-state index in [0.717, 1.165) is 11.3 Å². The van der Waals surface area contributed by atoms with Gasteiger partial charge in [-0.05, 0) is 0 Å². The highest BCUT2D eigenvalue weighted by Crippen LogP contribution is 2.14. The van der Waals surface area contributed by atoms with Crippen LogP contribution in [0.4, 0.5) is 0 Å². The van der Waals surface area contributed by atoms with Crippen molar-refractivity contribution in [1.29, 1.82) is 0 Å². The maximum Gasteiger partial charge on any atom is 0.271 e. The Morgan fingerprint density at radius 3 is 2.78 bits per heavy atom. The zero-order valence-corrected chi connectivity index (χ0v) is 5.18. The Kier molecular flexibility index (Phi) is 1.35. The molecule has 0 radical (unpaired) electrons. The molecule has 1 heterocycles. The Bertz CT molecular complexity index is 232. The summed E-state index contributed by atoms with van der Waals surface area (Å²) in [7, 11) is 0. The lowest BCUT2D eigenvalue weighted by molar-refractivity contribution is 0.0995. The molecule has 4 nitrogen and oxygen atoms in total. The number of nitrogens with two attached hydrogens (primary N) is 1. The molecular weight excluding hydrogens is 140 g/mol. The number of aromatic hydroxyl groups is 1. The smallest absolute Gasteiger partial charge is 0.271 e. The molecule has 3 N–H and O–H groups in total. The minimum absolute atomic E-state index is 0.109. The van der Waals surface area contributed by atoms with Gasteiger partial charge in [0.2, 0.25) is 0 Å². The first-order valence-electron chi connectivity index (χ1n) is 2.14. The van der Waals surface area contributed by atoms with Crippen LogP contribution in [-0.4, -0.2) is 16.0 Å². The first-order valence-corrected chi connectivity index (χ1v) is 3.02. The van der Waals surface area contributed by atoms with Crippen LogP contribution < -0.4 is 5.73 Å². The third kappa shape index (κ3) is 1.17. The van der Waals surface area contributed by atoms with E-state index in [1.54, 1.807) is 0 Å². The van der Waals surface area contributed by atoms with Crippen LogP contribution in [0.3, 0.4) is 0 Å². The van der Waals surface area contributed by atoms with Crippen LogP contribution >= 0.6 is 11.3 Å². The second kappa shape index (κ2) is 2.02. The van der Waals surface area contributed by atoms with Crippen molar-refractivity contribution in [2.75, 3.05) is 0 Å². The number of aromatic nitrogens is 1. The van der Waals surface area contributed by atoms with Crippen molar-refractivity contribution in [2.24, 2.45) is 5.73 Å². The molecule has 0 aliphatic rings. The molecule has 0 saturated carbocycles. The number of hydrogen-bond donors (Lipinski definition) is 2. The minimum atomic E-state index is -0.619. The summed E-state index contributed by atoms with van der Waals surface area (Å²) in [5.41, 5.74) is 4.93. The Balaban J connectivity index is 2.98. The van der Waals surface area contributed by atoms with Gasteiger partial charge in [0.25, 0.3) is 11.1 Å². The number of nitrogens with zero attached hydrogens (tertiary/aromatic N) is 1. The van der Waals surface area contributed by atoms with Gasteiger partial charge in [-0.2, -0.15) is 4.98 Å². The molecule has 0 spiro atoms. The standard InChI is InChI=1S/C4H4N2O2S/c5-3(7)2-1-9-4(8)6-2/h1H,(H2,5,7)(H,6,8). The van der Waals surface area contributed by atoms with Crippen LogP contribution in [0, 0.1) is 0 Å². The van der Waals surface area contributed by atoms with Gasteiger partial charge in [-0.1, -0.05) is 11.3 Å². The lowest BCUT2D eigenvalue weighted by Gasteiger charge is -1.80. The Labute approximate surface area is 55.0 Å². The largest absolute Gasteiger partial charge is 0.486 e. The summed E-state index contributed by atoms with van der Waals surface area (Å²) >= 11 is 0.976. The van der Waals surface area contributed by atoms with E-state index in [1.807, 2.05) is 0 Å². The lowest BCUT2D eigenvalue weighted by Crippen LogP contribution is -2.10. The first-order chi connectivity index (χ1) is 4.20. The van der Waals surface area contributed by atoms with Crippen molar-refractivity contribution in [1.82, 2.24) is 4.98 Å². The van der Waals surface area contributed by atoms with E-state index in [4.69, 9.17) is 10.8 Å². The predicted molar refractivity (Wildman–Crippen MR) is 32.3 cm³/mol. The molecule has 0 saturated heterocycles. The molecule has 0 atom stereocenters. The molecule has 1 aromatic rings. The molecule has 48 valence electrons. The number of hydrogen-bond acceptors (Lipinski definition) is 4. The van der Waals surface area contributed by atoms with Crippen LogP contribution in [0.2, 0.25) is 0 Å².